The van der Waals surface area contributed by atoms with E-state index in [2.05, 4.69) is 25.7 Å². The van der Waals surface area contributed by atoms with E-state index in [9.17, 15) is 4.79 Å². The summed E-state index contributed by atoms with van der Waals surface area (Å²) in [5.41, 5.74) is 3.53. The van der Waals surface area contributed by atoms with Gasteiger partial charge in [-0.2, -0.15) is 0 Å². The number of hydrogen-bond acceptors (Lipinski definition) is 6. The van der Waals surface area contributed by atoms with Gasteiger partial charge in [-0.05, 0) is 50.1 Å². The van der Waals surface area contributed by atoms with E-state index >= 15 is 0 Å². The van der Waals surface area contributed by atoms with Crippen molar-refractivity contribution in [3.63, 3.8) is 0 Å². The maximum Gasteiger partial charge on any atom is 0.255 e. The van der Waals surface area contributed by atoms with Crippen LogP contribution in [0.25, 0.3) is 17.0 Å². The average molecular weight is 428 g/mol. The Kier molecular flexibility index (Phi) is 5.49. The number of carbonyl (C=O) groups excluding carboxylic acids is 1. The van der Waals surface area contributed by atoms with Gasteiger partial charge in [-0.25, -0.2) is 14.5 Å². The van der Waals surface area contributed by atoms with E-state index in [1.807, 2.05) is 43.5 Å². The summed E-state index contributed by atoms with van der Waals surface area (Å²) in [6, 6.07) is 11.6. The van der Waals surface area contributed by atoms with Crippen LogP contribution in [0.1, 0.15) is 48.2 Å². The van der Waals surface area contributed by atoms with Crippen molar-refractivity contribution in [2.75, 3.05) is 5.32 Å². The van der Waals surface area contributed by atoms with Crippen LogP contribution in [-0.2, 0) is 0 Å². The molecular formula is C24H25N7O. The molecule has 0 saturated heterocycles. The van der Waals surface area contributed by atoms with Gasteiger partial charge in [0.05, 0.1) is 11.3 Å². The van der Waals surface area contributed by atoms with Crippen LogP contribution in [0.15, 0.2) is 55.0 Å². The van der Waals surface area contributed by atoms with Crippen LogP contribution >= 0.6 is 0 Å². The maximum absolute atomic E-state index is 13.0. The molecule has 1 amide bonds. The Hall–Kier alpha value is -3.81. The number of amides is 1. The Bertz CT molecular complexity index is 1260. The highest BCUT2D eigenvalue weighted by Crippen LogP contribution is 2.26. The zero-order chi connectivity index (χ0) is 21.9. The predicted octanol–water partition coefficient (Wildman–Crippen LogP) is 4.30. The molecule has 0 radical (unpaired) electrons. The topological polar surface area (TPSA) is 97.1 Å². The zero-order valence-corrected chi connectivity index (χ0v) is 18.0. The van der Waals surface area contributed by atoms with Crippen molar-refractivity contribution >= 4 is 22.9 Å². The third kappa shape index (κ3) is 4.16. The number of aryl methyl sites for hydroxylation is 1. The summed E-state index contributed by atoms with van der Waals surface area (Å²) in [5.74, 6) is 0.983. The smallest absolute Gasteiger partial charge is 0.255 e. The van der Waals surface area contributed by atoms with Crippen molar-refractivity contribution in [3.8, 4) is 11.5 Å². The predicted molar refractivity (Wildman–Crippen MR) is 123 cm³/mol. The Morgan fingerprint density at radius 2 is 1.94 bits per heavy atom. The summed E-state index contributed by atoms with van der Waals surface area (Å²) < 4.78 is 1.76. The molecule has 4 aromatic heterocycles. The Morgan fingerprint density at radius 3 is 2.78 bits per heavy atom. The van der Waals surface area contributed by atoms with Gasteiger partial charge in [0.1, 0.15) is 11.2 Å². The van der Waals surface area contributed by atoms with Gasteiger partial charge in [0.2, 0.25) is 5.82 Å². The minimum absolute atomic E-state index is 0.117. The standard InChI is InChI=1S/C24H25N7O/c1-16-7-5-10-20(26-16)22-29-23(21-11-6-14-31(21)30-22)28-19-12-13-25-15-18(19)24(32)27-17-8-3-2-4-9-17/h5-7,10-15,17H,2-4,8-9H2,1H3,(H,27,32)(H,25,28,29,30). The van der Waals surface area contributed by atoms with Crippen LogP contribution < -0.4 is 10.6 Å². The normalized spacial score (nSPS) is 14.4. The highest BCUT2D eigenvalue weighted by atomic mass is 16.1. The highest BCUT2D eigenvalue weighted by Gasteiger charge is 2.20. The fourth-order valence-corrected chi connectivity index (χ4v) is 4.12. The lowest BCUT2D eigenvalue weighted by Crippen LogP contribution is -2.36. The van der Waals surface area contributed by atoms with E-state index in [1.54, 1.807) is 23.0 Å². The van der Waals surface area contributed by atoms with Crippen molar-refractivity contribution in [1.29, 1.82) is 0 Å². The average Bonchev–Trinajstić information content (AvgIpc) is 3.29. The summed E-state index contributed by atoms with van der Waals surface area (Å²) >= 11 is 0. The van der Waals surface area contributed by atoms with Gasteiger partial charge in [0, 0.05) is 30.3 Å². The molecular weight excluding hydrogens is 402 g/mol. The molecule has 0 bridgehead atoms. The number of aromatic nitrogens is 5. The molecule has 4 aromatic rings. The lowest BCUT2D eigenvalue weighted by atomic mass is 9.95. The molecule has 0 atom stereocenters. The molecule has 8 nitrogen and oxygen atoms in total. The molecule has 162 valence electrons. The van der Waals surface area contributed by atoms with E-state index < -0.39 is 0 Å². The number of pyridine rings is 2. The quantitative estimate of drug-likeness (QED) is 0.493. The minimum atomic E-state index is -0.117. The van der Waals surface area contributed by atoms with Crippen LogP contribution in [0.2, 0.25) is 0 Å². The molecule has 0 aliphatic heterocycles. The molecule has 0 unspecified atom stereocenters. The van der Waals surface area contributed by atoms with Crippen molar-refractivity contribution < 1.29 is 4.79 Å². The SMILES string of the molecule is Cc1cccc(-c2nc(Nc3ccncc3C(=O)NC3CCCCC3)c3cccn3n2)n1. The Balaban J connectivity index is 1.48. The monoisotopic (exact) mass is 427 g/mol. The minimum Gasteiger partial charge on any atom is -0.349 e. The van der Waals surface area contributed by atoms with Crippen LogP contribution in [0.4, 0.5) is 11.5 Å². The van der Waals surface area contributed by atoms with Crippen molar-refractivity contribution in [3.05, 3.63) is 66.2 Å². The highest BCUT2D eigenvalue weighted by molar-refractivity contribution is 6.00. The van der Waals surface area contributed by atoms with E-state index in [4.69, 9.17) is 4.98 Å². The fraction of sp³-hybridized carbons (Fsp3) is 0.292. The molecule has 4 heterocycles. The molecule has 8 heteroatoms. The summed E-state index contributed by atoms with van der Waals surface area (Å²) in [6.45, 7) is 1.94. The number of hydrogen-bond donors (Lipinski definition) is 2. The molecule has 2 N–H and O–H groups in total. The lowest BCUT2D eigenvalue weighted by molar-refractivity contribution is 0.0928. The number of nitrogens with zero attached hydrogens (tertiary/aromatic N) is 5. The van der Waals surface area contributed by atoms with Crippen molar-refractivity contribution in [2.24, 2.45) is 0 Å². The van der Waals surface area contributed by atoms with Crippen LogP contribution in [0.5, 0.6) is 0 Å². The summed E-state index contributed by atoms with van der Waals surface area (Å²) in [5, 5.41) is 11.1. The molecule has 1 aliphatic carbocycles. The second-order valence-corrected chi connectivity index (χ2v) is 8.14. The first-order chi connectivity index (χ1) is 15.7. The molecule has 1 saturated carbocycles. The van der Waals surface area contributed by atoms with Crippen LogP contribution in [-0.4, -0.2) is 36.5 Å². The van der Waals surface area contributed by atoms with Gasteiger partial charge in [-0.3, -0.25) is 9.78 Å². The lowest BCUT2D eigenvalue weighted by Gasteiger charge is -2.23. The van der Waals surface area contributed by atoms with Gasteiger partial charge >= 0.3 is 0 Å². The second-order valence-electron chi connectivity index (χ2n) is 8.14. The first-order valence-electron chi connectivity index (χ1n) is 11.0. The van der Waals surface area contributed by atoms with Gasteiger partial charge in [0.15, 0.2) is 5.82 Å². The summed E-state index contributed by atoms with van der Waals surface area (Å²) in [4.78, 5) is 26.5. The number of carbonyl (C=O) groups is 1. The van der Waals surface area contributed by atoms with E-state index in [0.29, 0.717) is 28.6 Å². The molecule has 0 aromatic carbocycles. The maximum atomic E-state index is 13.0. The number of fused-ring (bicyclic) bond motifs is 1. The molecule has 1 fully saturated rings. The zero-order valence-electron chi connectivity index (χ0n) is 18.0. The number of anilines is 2. The Labute approximate surface area is 186 Å². The van der Waals surface area contributed by atoms with Crippen LogP contribution in [0, 0.1) is 6.92 Å². The van der Waals surface area contributed by atoms with Gasteiger partial charge in [0.25, 0.3) is 5.91 Å². The third-order valence-electron chi connectivity index (χ3n) is 5.77. The van der Waals surface area contributed by atoms with Crippen LogP contribution in [0.3, 0.4) is 0 Å². The second kappa shape index (κ2) is 8.74. The molecule has 5 rings (SSSR count). The van der Waals surface area contributed by atoms with Gasteiger partial charge in [-0.1, -0.05) is 25.3 Å². The summed E-state index contributed by atoms with van der Waals surface area (Å²) in [6.07, 6.45) is 10.7. The summed E-state index contributed by atoms with van der Waals surface area (Å²) in [7, 11) is 0. The largest absolute Gasteiger partial charge is 0.349 e. The van der Waals surface area contributed by atoms with E-state index in [1.165, 1.54) is 6.42 Å². The van der Waals surface area contributed by atoms with Gasteiger partial charge < -0.3 is 10.6 Å². The molecule has 1 aliphatic rings. The first kappa shape index (κ1) is 20.1. The van der Waals surface area contributed by atoms with E-state index in [0.717, 1.165) is 36.9 Å². The number of rotatable bonds is 5. The van der Waals surface area contributed by atoms with Crippen molar-refractivity contribution in [2.45, 2.75) is 45.1 Å². The molecule has 0 spiro atoms. The van der Waals surface area contributed by atoms with E-state index in [-0.39, 0.29) is 11.9 Å². The Morgan fingerprint density at radius 1 is 1.06 bits per heavy atom. The first-order valence-corrected chi connectivity index (χ1v) is 11.0. The molecule has 32 heavy (non-hydrogen) atoms. The third-order valence-corrected chi connectivity index (χ3v) is 5.77. The van der Waals surface area contributed by atoms with Crippen molar-refractivity contribution in [1.82, 2.24) is 29.9 Å². The number of nitrogens with one attached hydrogen (secondary N) is 2. The van der Waals surface area contributed by atoms with Gasteiger partial charge in [-0.15, -0.1) is 5.10 Å². The fourth-order valence-electron chi connectivity index (χ4n) is 4.12.